The second kappa shape index (κ2) is 5.09. The SMILES string of the molecule is CC1CC(C)CC(C(=O)C2(C)CCCCO2)C1. The summed E-state index contributed by atoms with van der Waals surface area (Å²) in [6.45, 7) is 7.33. The molecule has 0 aromatic rings. The number of carbonyl (C=O) groups is 1. The molecular weight excluding hydrogens is 212 g/mol. The zero-order chi connectivity index (χ0) is 12.5. The molecule has 2 rings (SSSR count). The van der Waals surface area contributed by atoms with Crippen LogP contribution in [-0.2, 0) is 9.53 Å². The van der Waals surface area contributed by atoms with Crippen LogP contribution in [-0.4, -0.2) is 18.0 Å². The molecular formula is C15H26O2. The second-order valence-corrected chi connectivity index (χ2v) is 6.52. The van der Waals surface area contributed by atoms with Gasteiger partial charge in [-0.15, -0.1) is 0 Å². The summed E-state index contributed by atoms with van der Waals surface area (Å²) >= 11 is 0. The van der Waals surface area contributed by atoms with Crippen LogP contribution < -0.4 is 0 Å². The molecule has 1 saturated carbocycles. The molecule has 0 N–H and O–H groups in total. The van der Waals surface area contributed by atoms with E-state index in [0.29, 0.717) is 17.6 Å². The Morgan fingerprint density at radius 1 is 1.12 bits per heavy atom. The minimum absolute atomic E-state index is 0.247. The molecule has 0 spiro atoms. The molecule has 2 nitrogen and oxygen atoms in total. The lowest BCUT2D eigenvalue weighted by Gasteiger charge is -2.38. The first kappa shape index (κ1) is 13.1. The van der Waals surface area contributed by atoms with E-state index in [1.165, 1.54) is 6.42 Å². The first-order chi connectivity index (χ1) is 8.01. The van der Waals surface area contributed by atoms with Crippen molar-refractivity contribution in [3.63, 3.8) is 0 Å². The van der Waals surface area contributed by atoms with Gasteiger partial charge >= 0.3 is 0 Å². The molecule has 1 aliphatic carbocycles. The maximum absolute atomic E-state index is 12.6. The molecule has 0 radical (unpaired) electrons. The van der Waals surface area contributed by atoms with Gasteiger partial charge in [-0.1, -0.05) is 13.8 Å². The molecule has 2 heteroatoms. The molecule has 1 saturated heterocycles. The van der Waals surface area contributed by atoms with Gasteiger partial charge in [-0.2, -0.15) is 0 Å². The van der Waals surface area contributed by atoms with Gasteiger partial charge in [0.2, 0.25) is 0 Å². The average molecular weight is 238 g/mol. The standard InChI is InChI=1S/C15H26O2/c1-11-8-12(2)10-13(9-11)14(16)15(3)6-4-5-7-17-15/h11-13H,4-10H2,1-3H3. The van der Waals surface area contributed by atoms with Crippen LogP contribution in [0.3, 0.4) is 0 Å². The van der Waals surface area contributed by atoms with Gasteiger partial charge in [0.1, 0.15) is 5.60 Å². The number of Topliss-reactive ketones (excluding diaryl/α,β-unsaturated/α-hetero) is 1. The van der Waals surface area contributed by atoms with Gasteiger partial charge in [0.15, 0.2) is 5.78 Å². The number of ketones is 1. The monoisotopic (exact) mass is 238 g/mol. The third-order valence-corrected chi connectivity index (χ3v) is 4.54. The Bertz CT molecular complexity index is 269. The molecule has 3 unspecified atom stereocenters. The predicted octanol–water partition coefficient (Wildman–Crippen LogP) is 3.59. The summed E-state index contributed by atoms with van der Waals surface area (Å²) in [5, 5.41) is 0. The van der Waals surface area contributed by atoms with Crippen molar-refractivity contribution in [3.05, 3.63) is 0 Å². The summed E-state index contributed by atoms with van der Waals surface area (Å²) in [5.41, 5.74) is -0.473. The van der Waals surface area contributed by atoms with Crippen LogP contribution >= 0.6 is 0 Å². The lowest BCUT2D eigenvalue weighted by atomic mass is 9.71. The average Bonchev–Trinajstić information content (AvgIpc) is 2.27. The molecule has 17 heavy (non-hydrogen) atoms. The third kappa shape index (κ3) is 2.90. The van der Waals surface area contributed by atoms with Gasteiger partial charge in [0, 0.05) is 12.5 Å². The number of ether oxygens (including phenoxy) is 1. The number of rotatable bonds is 2. The molecule has 98 valence electrons. The summed E-state index contributed by atoms with van der Waals surface area (Å²) in [6, 6.07) is 0. The van der Waals surface area contributed by atoms with Crippen LogP contribution in [0.15, 0.2) is 0 Å². The van der Waals surface area contributed by atoms with Crippen molar-refractivity contribution in [2.24, 2.45) is 17.8 Å². The summed E-state index contributed by atoms with van der Waals surface area (Å²) in [6.07, 6.45) is 6.59. The van der Waals surface area contributed by atoms with Crippen LogP contribution in [0.2, 0.25) is 0 Å². The Morgan fingerprint density at radius 3 is 2.29 bits per heavy atom. The van der Waals surface area contributed by atoms with E-state index in [1.54, 1.807) is 0 Å². The highest BCUT2D eigenvalue weighted by atomic mass is 16.5. The van der Waals surface area contributed by atoms with Crippen LogP contribution in [0.5, 0.6) is 0 Å². The van der Waals surface area contributed by atoms with Crippen molar-refractivity contribution in [3.8, 4) is 0 Å². The topological polar surface area (TPSA) is 26.3 Å². The van der Waals surface area contributed by atoms with E-state index in [-0.39, 0.29) is 5.92 Å². The maximum Gasteiger partial charge on any atom is 0.167 e. The van der Waals surface area contributed by atoms with E-state index < -0.39 is 5.60 Å². The highest BCUT2D eigenvalue weighted by Crippen LogP contribution is 2.38. The molecule has 1 aliphatic heterocycles. The quantitative estimate of drug-likeness (QED) is 0.735. The molecule has 0 bridgehead atoms. The van der Waals surface area contributed by atoms with Crippen LogP contribution in [0.1, 0.15) is 59.3 Å². The molecule has 0 amide bonds. The summed E-state index contributed by atoms with van der Waals surface area (Å²) in [4.78, 5) is 12.6. The normalized spacial score (nSPS) is 43.4. The first-order valence-electron chi connectivity index (χ1n) is 7.19. The zero-order valence-electron chi connectivity index (χ0n) is 11.5. The van der Waals surface area contributed by atoms with Crippen LogP contribution in [0, 0.1) is 17.8 Å². The highest BCUT2D eigenvalue weighted by Gasteiger charge is 2.41. The van der Waals surface area contributed by atoms with Crippen molar-refractivity contribution in [1.29, 1.82) is 0 Å². The van der Waals surface area contributed by atoms with Crippen LogP contribution in [0.25, 0.3) is 0 Å². The zero-order valence-corrected chi connectivity index (χ0v) is 11.5. The fourth-order valence-corrected chi connectivity index (χ4v) is 3.72. The Balaban J connectivity index is 2.03. The molecule has 3 atom stereocenters. The number of hydrogen-bond acceptors (Lipinski definition) is 2. The van der Waals surface area contributed by atoms with E-state index in [2.05, 4.69) is 13.8 Å². The largest absolute Gasteiger partial charge is 0.367 e. The Hall–Kier alpha value is -0.370. The maximum atomic E-state index is 12.6. The van der Waals surface area contributed by atoms with Crippen molar-refractivity contribution in [2.75, 3.05) is 6.61 Å². The lowest BCUT2D eigenvalue weighted by molar-refractivity contribution is -0.154. The molecule has 1 heterocycles. The second-order valence-electron chi connectivity index (χ2n) is 6.52. The van der Waals surface area contributed by atoms with Gasteiger partial charge in [0.05, 0.1) is 0 Å². The molecule has 2 aliphatic rings. The van der Waals surface area contributed by atoms with E-state index in [0.717, 1.165) is 38.7 Å². The predicted molar refractivity (Wildman–Crippen MR) is 68.9 cm³/mol. The summed E-state index contributed by atoms with van der Waals surface area (Å²) in [7, 11) is 0. The Labute approximate surface area is 105 Å². The molecule has 0 aromatic carbocycles. The minimum Gasteiger partial charge on any atom is -0.367 e. The summed E-state index contributed by atoms with van der Waals surface area (Å²) < 4.78 is 5.80. The third-order valence-electron chi connectivity index (χ3n) is 4.54. The van der Waals surface area contributed by atoms with Gasteiger partial charge < -0.3 is 4.74 Å². The van der Waals surface area contributed by atoms with Gasteiger partial charge in [-0.25, -0.2) is 0 Å². The fraction of sp³-hybridized carbons (Fsp3) is 0.933. The highest BCUT2D eigenvalue weighted by molar-refractivity contribution is 5.89. The van der Waals surface area contributed by atoms with Crippen molar-refractivity contribution in [2.45, 2.75) is 64.9 Å². The van der Waals surface area contributed by atoms with Crippen molar-refractivity contribution in [1.82, 2.24) is 0 Å². The summed E-state index contributed by atoms with van der Waals surface area (Å²) in [5.74, 6) is 2.02. The van der Waals surface area contributed by atoms with E-state index in [9.17, 15) is 4.79 Å². The van der Waals surface area contributed by atoms with Crippen LogP contribution in [0.4, 0.5) is 0 Å². The first-order valence-corrected chi connectivity index (χ1v) is 7.19. The van der Waals surface area contributed by atoms with Crippen molar-refractivity contribution >= 4 is 5.78 Å². The number of hydrogen-bond donors (Lipinski definition) is 0. The number of carbonyl (C=O) groups excluding carboxylic acids is 1. The van der Waals surface area contributed by atoms with Gasteiger partial charge in [-0.05, 0) is 57.3 Å². The minimum atomic E-state index is -0.473. The molecule has 0 aromatic heterocycles. The fourth-order valence-electron chi connectivity index (χ4n) is 3.72. The van der Waals surface area contributed by atoms with Gasteiger partial charge in [-0.3, -0.25) is 4.79 Å². The molecule has 2 fully saturated rings. The van der Waals surface area contributed by atoms with Crippen molar-refractivity contribution < 1.29 is 9.53 Å². The van der Waals surface area contributed by atoms with Gasteiger partial charge in [0.25, 0.3) is 0 Å². The Kier molecular flexibility index (Phi) is 3.92. The van der Waals surface area contributed by atoms with E-state index in [1.807, 2.05) is 6.92 Å². The smallest absolute Gasteiger partial charge is 0.167 e. The van der Waals surface area contributed by atoms with E-state index in [4.69, 9.17) is 4.74 Å². The Morgan fingerprint density at radius 2 is 1.76 bits per heavy atom. The lowest BCUT2D eigenvalue weighted by Crippen LogP contribution is -2.46. The van der Waals surface area contributed by atoms with E-state index >= 15 is 0 Å².